The van der Waals surface area contributed by atoms with Gasteiger partial charge in [-0.3, -0.25) is 0 Å². The summed E-state index contributed by atoms with van der Waals surface area (Å²) in [7, 11) is 0. The van der Waals surface area contributed by atoms with Gasteiger partial charge in [-0.15, -0.1) is 0 Å². The minimum atomic E-state index is 0.606. The molecule has 1 aromatic carbocycles. The summed E-state index contributed by atoms with van der Waals surface area (Å²) in [5.41, 5.74) is 9.74. The van der Waals surface area contributed by atoms with E-state index in [1.165, 1.54) is 16.8 Å². The van der Waals surface area contributed by atoms with E-state index in [0.717, 1.165) is 19.5 Å². The van der Waals surface area contributed by atoms with E-state index >= 15 is 0 Å². The minimum Gasteiger partial charge on any atom is -0.384 e. The highest BCUT2D eigenvalue weighted by Gasteiger charge is 2.17. The zero-order chi connectivity index (χ0) is 9.26. The lowest BCUT2D eigenvalue weighted by Crippen LogP contribution is -2.29. The molecule has 1 unspecified atom stereocenters. The average molecular weight is 176 g/mol. The van der Waals surface area contributed by atoms with Crippen molar-refractivity contribution in [2.24, 2.45) is 11.7 Å². The molecule has 0 aromatic heterocycles. The van der Waals surface area contributed by atoms with Gasteiger partial charge in [-0.2, -0.15) is 0 Å². The maximum Gasteiger partial charge on any atom is 0.0402 e. The standard InChI is InChI=1S/C11H16N2/c1-8-3-2-4-10-5-9(6-12)7-13-11(8)10/h2-4,9,13H,5-7,12H2,1H3. The maximum absolute atomic E-state index is 5.66. The lowest BCUT2D eigenvalue weighted by atomic mass is 9.92. The van der Waals surface area contributed by atoms with Crippen LogP contribution >= 0.6 is 0 Å². The van der Waals surface area contributed by atoms with Crippen LogP contribution in [0.4, 0.5) is 5.69 Å². The smallest absolute Gasteiger partial charge is 0.0402 e. The first kappa shape index (κ1) is 8.57. The number of hydrogen-bond donors (Lipinski definition) is 2. The van der Waals surface area contributed by atoms with Gasteiger partial charge in [0, 0.05) is 12.2 Å². The van der Waals surface area contributed by atoms with Crippen molar-refractivity contribution in [1.82, 2.24) is 0 Å². The molecule has 1 aliphatic heterocycles. The van der Waals surface area contributed by atoms with E-state index in [-0.39, 0.29) is 0 Å². The molecule has 13 heavy (non-hydrogen) atoms. The first-order valence-electron chi connectivity index (χ1n) is 4.83. The molecule has 0 saturated carbocycles. The maximum atomic E-state index is 5.66. The van der Waals surface area contributed by atoms with Gasteiger partial charge in [0.15, 0.2) is 0 Å². The van der Waals surface area contributed by atoms with E-state index in [1.807, 2.05) is 0 Å². The summed E-state index contributed by atoms with van der Waals surface area (Å²) in [6.45, 7) is 3.95. The van der Waals surface area contributed by atoms with Gasteiger partial charge in [0.25, 0.3) is 0 Å². The molecule has 0 radical (unpaired) electrons. The summed E-state index contributed by atoms with van der Waals surface area (Å²) in [4.78, 5) is 0. The Kier molecular flexibility index (Phi) is 2.23. The number of anilines is 1. The Hall–Kier alpha value is -1.02. The summed E-state index contributed by atoms with van der Waals surface area (Å²) in [5, 5.41) is 3.45. The molecule has 2 nitrogen and oxygen atoms in total. The fourth-order valence-electron chi connectivity index (χ4n) is 1.95. The van der Waals surface area contributed by atoms with Crippen LogP contribution in [0.25, 0.3) is 0 Å². The molecule has 2 rings (SSSR count). The lowest BCUT2D eigenvalue weighted by Gasteiger charge is -2.26. The summed E-state index contributed by atoms with van der Waals surface area (Å²) in [6.07, 6.45) is 1.13. The fourth-order valence-corrected chi connectivity index (χ4v) is 1.95. The molecule has 1 aliphatic rings. The van der Waals surface area contributed by atoms with Gasteiger partial charge in [0.2, 0.25) is 0 Å². The third-order valence-electron chi connectivity index (χ3n) is 2.77. The molecule has 3 N–H and O–H groups in total. The predicted molar refractivity (Wildman–Crippen MR) is 55.9 cm³/mol. The van der Waals surface area contributed by atoms with Crippen LogP contribution in [-0.4, -0.2) is 13.1 Å². The Morgan fingerprint density at radius 2 is 2.38 bits per heavy atom. The van der Waals surface area contributed by atoms with E-state index < -0.39 is 0 Å². The highest BCUT2D eigenvalue weighted by atomic mass is 14.9. The van der Waals surface area contributed by atoms with Gasteiger partial charge in [-0.05, 0) is 36.9 Å². The largest absolute Gasteiger partial charge is 0.384 e. The van der Waals surface area contributed by atoms with E-state index in [4.69, 9.17) is 5.73 Å². The Morgan fingerprint density at radius 1 is 1.54 bits per heavy atom. The van der Waals surface area contributed by atoms with E-state index in [0.29, 0.717) is 5.92 Å². The topological polar surface area (TPSA) is 38.0 Å². The second-order valence-corrected chi connectivity index (χ2v) is 3.80. The number of nitrogens with one attached hydrogen (secondary N) is 1. The Morgan fingerprint density at radius 3 is 3.15 bits per heavy atom. The van der Waals surface area contributed by atoms with Crippen LogP contribution in [0.2, 0.25) is 0 Å². The molecule has 0 fully saturated rings. The Bertz CT molecular complexity index is 307. The van der Waals surface area contributed by atoms with Gasteiger partial charge < -0.3 is 11.1 Å². The fraction of sp³-hybridized carbons (Fsp3) is 0.455. The number of aryl methyl sites for hydroxylation is 1. The van der Waals surface area contributed by atoms with Crippen molar-refractivity contribution >= 4 is 5.69 Å². The summed E-state index contributed by atoms with van der Waals surface area (Å²) in [6, 6.07) is 6.46. The number of para-hydroxylation sites is 1. The zero-order valence-corrected chi connectivity index (χ0v) is 8.01. The third-order valence-corrected chi connectivity index (χ3v) is 2.77. The highest BCUT2D eigenvalue weighted by Crippen LogP contribution is 2.27. The number of fused-ring (bicyclic) bond motifs is 1. The molecule has 0 bridgehead atoms. The van der Waals surface area contributed by atoms with E-state index in [9.17, 15) is 0 Å². The van der Waals surface area contributed by atoms with Gasteiger partial charge in [-0.25, -0.2) is 0 Å². The van der Waals surface area contributed by atoms with Crippen LogP contribution in [0, 0.1) is 12.8 Å². The van der Waals surface area contributed by atoms with Crippen LogP contribution in [-0.2, 0) is 6.42 Å². The summed E-state index contributed by atoms with van der Waals surface area (Å²) in [5.74, 6) is 0.606. The molecule has 0 spiro atoms. The second-order valence-electron chi connectivity index (χ2n) is 3.80. The van der Waals surface area contributed by atoms with Crippen molar-refractivity contribution in [3.63, 3.8) is 0 Å². The quantitative estimate of drug-likeness (QED) is 0.681. The van der Waals surface area contributed by atoms with Gasteiger partial charge in [0.05, 0.1) is 0 Å². The van der Waals surface area contributed by atoms with Gasteiger partial charge in [-0.1, -0.05) is 18.2 Å². The number of nitrogens with two attached hydrogens (primary N) is 1. The monoisotopic (exact) mass is 176 g/mol. The predicted octanol–water partition coefficient (Wildman–Crippen LogP) is 1.54. The molecule has 0 amide bonds. The molecule has 0 saturated heterocycles. The number of benzene rings is 1. The van der Waals surface area contributed by atoms with Crippen molar-refractivity contribution in [3.8, 4) is 0 Å². The van der Waals surface area contributed by atoms with E-state index in [2.05, 4.69) is 30.4 Å². The van der Waals surface area contributed by atoms with Crippen molar-refractivity contribution in [2.75, 3.05) is 18.4 Å². The second kappa shape index (κ2) is 3.38. The Balaban J connectivity index is 2.31. The van der Waals surface area contributed by atoms with Crippen LogP contribution in [0.3, 0.4) is 0 Å². The SMILES string of the molecule is Cc1cccc2c1NCC(CN)C2. The molecule has 0 aliphatic carbocycles. The molecule has 70 valence electrons. The van der Waals surface area contributed by atoms with Crippen LogP contribution in [0.5, 0.6) is 0 Å². The summed E-state index contributed by atoms with van der Waals surface area (Å²) < 4.78 is 0. The van der Waals surface area contributed by atoms with Crippen molar-refractivity contribution in [1.29, 1.82) is 0 Å². The summed E-state index contributed by atoms with van der Waals surface area (Å²) >= 11 is 0. The molecular formula is C11H16N2. The molecule has 2 heteroatoms. The zero-order valence-electron chi connectivity index (χ0n) is 8.01. The average Bonchev–Trinajstić information content (AvgIpc) is 2.18. The first-order chi connectivity index (χ1) is 6.31. The molecule has 1 aromatic rings. The van der Waals surface area contributed by atoms with Crippen molar-refractivity contribution in [2.45, 2.75) is 13.3 Å². The first-order valence-corrected chi connectivity index (χ1v) is 4.83. The lowest BCUT2D eigenvalue weighted by molar-refractivity contribution is 0.549. The van der Waals surface area contributed by atoms with Crippen molar-refractivity contribution < 1.29 is 0 Å². The minimum absolute atomic E-state index is 0.606. The molecular weight excluding hydrogens is 160 g/mol. The van der Waals surface area contributed by atoms with Crippen LogP contribution < -0.4 is 11.1 Å². The highest BCUT2D eigenvalue weighted by molar-refractivity contribution is 5.58. The van der Waals surface area contributed by atoms with Crippen molar-refractivity contribution in [3.05, 3.63) is 29.3 Å². The van der Waals surface area contributed by atoms with Crippen LogP contribution in [0.15, 0.2) is 18.2 Å². The molecule has 1 atom stereocenters. The number of hydrogen-bond acceptors (Lipinski definition) is 2. The normalized spacial score (nSPS) is 20.6. The van der Waals surface area contributed by atoms with Crippen LogP contribution in [0.1, 0.15) is 11.1 Å². The Labute approximate surface area is 79.1 Å². The van der Waals surface area contributed by atoms with Gasteiger partial charge in [0.1, 0.15) is 0 Å². The van der Waals surface area contributed by atoms with E-state index in [1.54, 1.807) is 0 Å². The van der Waals surface area contributed by atoms with Gasteiger partial charge >= 0.3 is 0 Å². The molecule has 1 heterocycles. The third kappa shape index (κ3) is 1.54. The number of rotatable bonds is 1.